The number of rotatable bonds is 7. The first-order chi connectivity index (χ1) is 7.70. The summed E-state index contributed by atoms with van der Waals surface area (Å²) in [5.74, 6) is 0. The van der Waals surface area contributed by atoms with Crippen LogP contribution in [0.5, 0.6) is 0 Å². The molecule has 1 rings (SSSR count). The van der Waals surface area contributed by atoms with E-state index in [2.05, 4.69) is 0 Å². The fraction of sp³-hybridized carbons (Fsp3) is 0.500. The Labute approximate surface area is 96.9 Å². The van der Waals surface area contributed by atoms with E-state index in [-0.39, 0.29) is 6.35 Å². The van der Waals surface area contributed by atoms with Gasteiger partial charge in [0.25, 0.3) is 0 Å². The Bertz CT molecular complexity index is 337. The zero-order valence-corrected chi connectivity index (χ0v) is 10.5. The second-order valence-corrected chi connectivity index (χ2v) is 6.27. The lowest BCUT2D eigenvalue weighted by molar-refractivity contribution is 0.268. The molecule has 1 aromatic rings. The van der Waals surface area contributed by atoms with E-state index in [9.17, 15) is 4.57 Å². The summed E-state index contributed by atoms with van der Waals surface area (Å²) in [5.41, 5.74) is 0.941. The molecule has 1 atom stereocenters. The molecule has 0 spiro atoms. The summed E-state index contributed by atoms with van der Waals surface area (Å²) in [5, 5.41) is 9.16. The highest BCUT2D eigenvalue weighted by Crippen LogP contribution is 2.49. The quantitative estimate of drug-likeness (QED) is 0.589. The van der Waals surface area contributed by atoms with Gasteiger partial charge in [-0.05, 0) is 12.0 Å². The number of hydrogen-bond donors (Lipinski definition) is 1. The van der Waals surface area contributed by atoms with E-state index in [0.717, 1.165) is 18.4 Å². The molecular formula is C12H19O3P. The third-order valence-electron chi connectivity index (χ3n) is 2.31. The average molecular weight is 242 g/mol. The van der Waals surface area contributed by atoms with Crippen LogP contribution in [0.3, 0.4) is 0 Å². The van der Waals surface area contributed by atoms with E-state index in [1.165, 1.54) is 0 Å². The summed E-state index contributed by atoms with van der Waals surface area (Å²) in [4.78, 5) is 0. The zero-order valence-electron chi connectivity index (χ0n) is 9.63. The molecule has 0 amide bonds. The van der Waals surface area contributed by atoms with Crippen molar-refractivity contribution in [1.29, 1.82) is 0 Å². The molecule has 0 saturated carbocycles. The molecule has 1 aromatic carbocycles. The molecule has 4 heteroatoms. The first-order valence-electron chi connectivity index (χ1n) is 5.57. The first kappa shape index (κ1) is 13.4. The second kappa shape index (κ2) is 6.85. The Morgan fingerprint density at radius 1 is 1.31 bits per heavy atom. The van der Waals surface area contributed by atoms with Gasteiger partial charge in [0.2, 0.25) is 7.37 Å². The van der Waals surface area contributed by atoms with Crippen molar-refractivity contribution in [2.45, 2.75) is 25.9 Å². The fourth-order valence-corrected chi connectivity index (χ4v) is 2.88. The molecule has 1 N–H and O–H groups in total. The Balaban J connectivity index is 2.56. The molecule has 0 heterocycles. The Kier molecular flexibility index (Phi) is 5.75. The summed E-state index contributed by atoms with van der Waals surface area (Å²) in [6, 6.07) is 9.48. The van der Waals surface area contributed by atoms with Crippen molar-refractivity contribution in [3.63, 3.8) is 0 Å². The van der Waals surface area contributed by atoms with Crippen LogP contribution in [0.4, 0.5) is 0 Å². The maximum Gasteiger partial charge on any atom is 0.231 e. The lowest BCUT2D eigenvalue weighted by Gasteiger charge is -2.16. The Morgan fingerprint density at radius 3 is 2.56 bits per heavy atom. The zero-order chi connectivity index (χ0) is 11.9. The van der Waals surface area contributed by atoms with Gasteiger partial charge in [-0.1, -0.05) is 43.7 Å². The molecule has 0 aromatic heterocycles. The van der Waals surface area contributed by atoms with E-state index in [1.807, 2.05) is 37.3 Å². The van der Waals surface area contributed by atoms with Gasteiger partial charge in [0.05, 0.1) is 12.8 Å². The van der Waals surface area contributed by atoms with Crippen LogP contribution < -0.4 is 0 Å². The van der Waals surface area contributed by atoms with Crippen LogP contribution in [0.2, 0.25) is 0 Å². The third-order valence-corrected chi connectivity index (χ3v) is 4.24. The molecule has 16 heavy (non-hydrogen) atoms. The highest BCUT2D eigenvalue weighted by Gasteiger charge is 2.22. The van der Waals surface area contributed by atoms with Crippen molar-refractivity contribution in [2.24, 2.45) is 0 Å². The van der Waals surface area contributed by atoms with Crippen molar-refractivity contribution in [1.82, 2.24) is 0 Å². The normalized spacial score (nSPS) is 14.6. The van der Waals surface area contributed by atoms with E-state index in [1.54, 1.807) is 0 Å². The monoisotopic (exact) mass is 242 g/mol. The van der Waals surface area contributed by atoms with Gasteiger partial charge in [0, 0.05) is 0 Å². The molecule has 0 radical (unpaired) electrons. The summed E-state index contributed by atoms with van der Waals surface area (Å²) < 4.78 is 17.5. The van der Waals surface area contributed by atoms with Crippen LogP contribution in [-0.4, -0.2) is 18.1 Å². The molecule has 0 bridgehead atoms. The van der Waals surface area contributed by atoms with E-state index in [4.69, 9.17) is 9.63 Å². The number of benzene rings is 1. The van der Waals surface area contributed by atoms with Gasteiger partial charge in [-0.25, -0.2) is 0 Å². The van der Waals surface area contributed by atoms with Crippen molar-refractivity contribution in [2.75, 3.05) is 13.0 Å². The minimum atomic E-state index is -2.90. The Hall–Kier alpha value is -0.630. The minimum Gasteiger partial charge on any atom is -0.386 e. The van der Waals surface area contributed by atoms with Gasteiger partial charge < -0.3 is 9.63 Å². The molecule has 3 nitrogen and oxygen atoms in total. The van der Waals surface area contributed by atoms with Gasteiger partial charge in [-0.3, -0.25) is 4.57 Å². The van der Waals surface area contributed by atoms with Gasteiger partial charge in [-0.2, -0.15) is 0 Å². The second-order valence-electron chi connectivity index (χ2n) is 3.79. The van der Waals surface area contributed by atoms with Crippen molar-refractivity contribution >= 4 is 7.37 Å². The van der Waals surface area contributed by atoms with Gasteiger partial charge >= 0.3 is 0 Å². The maximum atomic E-state index is 12.2. The summed E-state index contributed by atoms with van der Waals surface area (Å²) >= 11 is 0. The van der Waals surface area contributed by atoms with Crippen LogP contribution >= 0.6 is 7.37 Å². The Morgan fingerprint density at radius 2 is 2.00 bits per heavy atom. The highest BCUT2D eigenvalue weighted by molar-refractivity contribution is 7.57. The SMILES string of the molecule is CCCCOP(=O)(CO)Cc1ccccc1. The fourth-order valence-electron chi connectivity index (χ4n) is 1.37. The van der Waals surface area contributed by atoms with Crippen molar-refractivity contribution < 1.29 is 14.2 Å². The summed E-state index contributed by atoms with van der Waals surface area (Å²) in [6.07, 6.45) is 1.80. The lowest BCUT2D eigenvalue weighted by Crippen LogP contribution is -2.00. The number of aliphatic hydroxyl groups is 1. The molecule has 0 saturated heterocycles. The van der Waals surface area contributed by atoms with Gasteiger partial charge in [0.15, 0.2) is 0 Å². The number of aliphatic hydroxyl groups excluding tert-OH is 1. The van der Waals surface area contributed by atoms with Crippen LogP contribution in [0.25, 0.3) is 0 Å². The largest absolute Gasteiger partial charge is 0.386 e. The molecule has 0 aliphatic heterocycles. The van der Waals surface area contributed by atoms with E-state index < -0.39 is 7.37 Å². The molecular weight excluding hydrogens is 223 g/mol. The molecule has 0 fully saturated rings. The average Bonchev–Trinajstić information content (AvgIpc) is 2.31. The molecule has 90 valence electrons. The smallest absolute Gasteiger partial charge is 0.231 e. The van der Waals surface area contributed by atoms with Crippen molar-refractivity contribution in [3.8, 4) is 0 Å². The van der Waals surface area contributed by atoms with Crippen LogP contribution in [0, 0.1) is 0 Å². The van der Waals surface area contributed by atoms with Crippen molar-refractivity contribution in [3.05, 3.63) is 35.9 Å². The standard InChI is InChI=1S/C12H19O3P/c1-2-3-9-15-16(14,11-13)10-12-7-5-4-6-8-12/h4-8,13H,2-3,9-11H2,1H3. The maximum absolute atomic E-state index is 12.2. The predicted molar refractivity (Wildman–Crippen MR) is 65.7 cm³/mol. The van der Waals surface area contributed by atoms with Crippen LogP contribution in [-0.2, 0) is 15.3 Å². The predicted octanol–water partition coefficient (Wildman–Crippen LogP) is 3.23. The third kappa shape index (κ3) is 4.48. The number of unbranched alkanes of at least 4 members (excludes halogenated alkanes) is 1. The highest BCUT2D eigenvalue weighted by atomic mass is 31.2. The molecule has 0 aliphatic carbocycles. The van der Waals surface area contributed by atoms with E-state index in [0.29, 0.717) is 12.8 Å². The lowest BCUT2D eigenvalue weighted by atomic mass is 10.2. The van der Waals surface area contributed by atoms with E-state index >= 15 is 0 Å². The van der Waals surface area contributed by atoms with Crippen LogP contribution in [0.15, 0.2) is 30.3 Å². The summed E-state index contributed by atoms with van der Waals surface area (Å²) in [7, 11) is -2.90. The molecule has 1 unspecified atom stereocenters. The van der Waals surface area contributed by atoms with Crippen LogP contribution in [0.1, 0.15) is 25.3 Å². The summed E-state index contributed by atoms with van der Waals surface area (Å²) in [6.45, 7) is 2.51. The molecule has 0 aliphatic rings. The topological polar surface area (TPSA) is 46.5 Å². The van der Waals surface area contributed by atoms with Gasteiger partial charge in [-0.15, -0.1) is 0 Å². The van der Waals surface area contributed by atoms with Gasteiger partial charge in [0.1, 0.15) is 6.35 Å². The first-order valence-corrected chi connectivity index (χ1v) is 7.57. The minimum absolute atomic E-state index is 0.314. The number of hydrogen-bond acceptors (Lipinski definition) is 3.